The van der Waals surface area contributed by atoms with Gasteiger partial charge in [-0.15, -0.1) is 0 Å². The summed E-state index contributed by atoms with van der Waals surface area (Å²) in [6.45, 7) is 0.361. The highest BCUT2D eigenvalue weighted by molar-refractivity contribution is 5.95. The number of carboxylic acids is 1. The molecule has 1 aromatic rings. The Labute approximate surface area is 98.8 Å². The second-order valence-electron chi connectivity index (χ2n) is 3.72. The van der Waals surface area contributed by atoms with Gasteiger partial charge in [0.05, 0.1) is 11.3 Å². The number of amides is 1. The summed E-state index contributed by atoms with van der Waals surface area (Å²) in [6, 6.07) is 4.61. The molecule has 0 fully saturated rings. The number of primary amides is 1. The van der Waals surface area contributed by atoms with Crippen molar-refractivity contribution in [3.63, 3.8) is 0 Å². The van der Waals surface area contributed by atoms with E-state index in [-0.39, 0.29) is 12.0 Å². The summed E-state index contributed by atoms with van der Waals surface area (Å²) in [5.41, 5.74) is 11.6. The summed E-state index contributed by atoms with van der Waals surface area (Å²) in [7, 11) is 1.70. The summed E-state index contributed by atoms with van der Waals surface area (Å²) in [6.07, 6.45) is 0.167. The van der Waals surface area contributed by atoms with E-state index in [1.807, 2.05) is 0 Å². The predicted octanol–water partition coefficient (Wildman–Crippen LogP) is 0.279. The number of nitrogens with two attached hydrogens (primary N) is 2. The van der Waals surface area contributed by atoms with Crippen molar-refractivity contribution in [3.05, 3.63) is 23.8 Å². The molecule has 0 atom stereocenters. The van der Waals surface area contributed by atoms with Gasteiger partial charge in [-0.25, -0.2) is 4.79 Å². The zero-order valence-electron chi connectivity index (χ0n) is 9.51. The molecule has 1 rings (SSSR count). The molecule has 92 valence electrons. The van der Waals surface area contributed by atoms with Crippen molar-refractivity contribution in [1.82, 2.24) is 0 Å². The van der Waals surface area contributed by atoms with Crippen LogP contribution in [0.1, 0.15) is 16.8 Å². The topological polar surface area (TPSA) is 110 Å². The lowest BCUT2D eigenvalue weighted by molar-refractivity contribution is -0.117. The van der Waals surface area contributed by atoms with Crippen LogP contribution in [-0.2, 0) is 4.79 Å². The smallest absolute Gasteiger partial charge is 0.337 e. The lowest BCUT2D eigenvalue weighted by Gasteiger charge is -2.20. The van der Waals surface area contributed by atoms with E-state index >= 15 is 0 Å². The molecule has 1 aromatic carbocycles. The van der Waals surface area contributed by atoms with Gasteiger partial charge in [0.25, 0.3) is 0 Å². The fourth-order valence-corrected chi connectivity index (χ4v) is 1.46. The normalized spacial score (nSPS) is 9.94. The highest BCUT2D eigenvalue weighted by atomic mass is 16.4. The van der Waals surface area contributed by atoms with Gasteiger partial charge in [-0.1, -0.05) is 0 Å². The van der Waals surface area contributed by atoms with Crippen LogP contribution in [0.5, 0.6) is 0 Å². The average molecular weight is 237 g/mol. The maximum atomic E-state index is 11.0. The third-order valence-corrected chi connectivity index (χ3v) is 2.36. The second kappa shape index (κ2) is 5.20. The number of hydrogen-bond donors (Lipinski definition) is 3. The number of carbonyl (C=O) groups is 2. The first kappa shape index (κ1) is 12.8. The Hall–Kier alpha value is -2.24. The van der Waals surface area contributed by atoms with E-state index in [2.05, 4.69) is 0 Å². The van der Waals surface area contributed by atoms with E-state index in [4.69, 9.17) is 16.6 Å². The molecule has 0 aliphatic heterocycles. The van der Waals surface area contributed by atoms with Gasteiger partial charge >= 0.3 is 5.97 Å². The van der Waals surface area contributed by atoms with Gasteiger partial charge in [-0.05, 0) is 18.2 Å². The molecule has 1 amide bonds. The van der Waals surface area contributed by atoms with Crippen LogP contribution in [0.3, 0.4) is 0 Å². The third-order valence-electron chi connectivity index (χ3n) is 2.36. The third kappa shape index (κ3) is 3.37. The molecule has 0 spiro atoms. The number of nitrogens with zero attached hydrogens (tertiary/aromatic N) is 1. The Morgan fingerprint density at radius 1 is 1.41 bits per heavy atom. The number of nitrogen functional groups attached to an aromatic ring is 1. The van der Waals surface area contributed by atoms with Crippen molar-refractivity contribution in [2.75, 3.05) is 24.2 Å². The lowest BCUT2D eigenvalue weighted by atomic mass is 10.1. The summed E-state index contributed by atoms with van der Waals surface area (Å²) < 4.78 is 0. The molecule has 0 saturated heterocycles. The maximum absolute atomic E-state index is 11.0. The number of benzene rings is 1. The van der Waals surface area contributed by atoms with Gasteiger partial charge < -0.3 is 21.5 Å². The first-order valence-corrected chi connectivity index (χ1v) is 5.04. The zero-order chi connectivity index (χ0) is 13.0. The summed E-state index contributed by atoms with van der Waals surface area (Å²) in [5, 5.41) is 9.04. The van der Waals surface area contributed by atoms with Gasteiger partial charge in [0.1, 0.15) is 0 Å². The molecule has 6 heteroatoms. The van der Waals surface area contributed by atoms with E-state index in [9.17, 15) is 9.59 Å². The molecule has 0 radical (unpaired) electrons. The molecule has 0 aliphatic rings. The Bertz CT molecular complexity index is 446. The molecule has 0 aromatic heterocycles. The molecule has 6 nitrogen and oxygen atoms in total. The predicted molar refractivity (Wildman–Crippen MR) is 64.9 cm³/mol. The average Bonchev–Trinajstić information content (AvgIpc) is 2.25. The molecule has 5 N–H and O–H groups in total. The van der Waals surface area contributed by atoms with Crippen LogP contribution in [0.4, 0.5) is 11.4 Å². The Balaban J connectivity index is 2.96. The Morgan fingerprint density at radius 2 is 2.06 bits per heavy atom. The van der Waals surface area contributed by atoms with Gasteiger partial charge in [0.15, 0.2) is 0 Å². The maximum Gasteiger partial charge on any atom is 0.337 e. The van der Waals surface area contributed by atoms with Crippen molar-refractivity contribution < 1.29 is 14.7 Å². The number of hydrogen-bond acceptors (Lipinski definition) is 4. The van der Waals surface area contributed by atoms with Crippen LogP contribution in [0.25, 0.3) is 0 Å². The summed E-state index contributed by atoms with van der Waals surface area (Å²) in [5.74, 6) is -1.48. The number of rotatable bonds is 5. The first-order chi connectivity index (χ1) is 7.91. The second-order valence-corrected chi connectivity index (χ2v) is 3.72. The van der Waals surface area contributed by atoms with E-state index in [0.29, 0.717) is 17.9 Å². The Morgan fingerprint density at radius 3 is 2.59 bits per heavy atom. The van der Waals surface area contributed by atoms with Crippen molar-refractivity contribution in [3.8, 4) is 0 Å². The minimum absolute atomic E-state index is 0.108. The fourth-order valence-electron chi connectivity index (χ4n) is 1.46. The Kier molecular flexibility index (Phi) is 3.92. The standard InChI is InChI=1S/C11H15N3O3/c1-14(5-4-10(13)15)9-3-2-7(12)6-8(9)11(16)17/h2-3,6H,4-5,12H2,1H3,(H2,13,15)(H,16,17). The molecule has 0 bridgehead atoms. The van der Waals surface area contributed by atoms with Crippen molar-refractivity contribution in [2.45, 2.75) is 6.42 Å². The van der Waals surface area contributed by atoms with Crippen LogP contribution in [-0.4, -0.2) is 30.6 Å². The highest BCUT2D eigenvalue weighted by Gasteiger charge is 2.14. The molecular weight excluding hydrogens is 222 g/mol. The molecular formula is C11H15N3O3. The number of carboxylic acid groups (broad SMARTS) is 1. The SMILES string of the molecule is CN(CCC(N)=O)c1ccc(N)cc1C(=O)O. The van der Waals surface area contributed by atoms with E-state index in [0.717, 1.165) is 0 Å². The van der Waals surface area contributed by atoms with Crippen LogP contribution in [0.2, 0.25) is 0 Å². The molecule has 0 saturated carbocycles. The minimum atomic E-state index is -1.06. The van der Waals surface area contributed by atoms with Gasteiger partial charge in [0.2, 0.25) is 5.91 Å². The van der Waals surface area contributed by atoms with Crippen molar-refractivity contribution in [1.29, 1.82) is 0 Å². The number of carbonyl (C=O) groups excluding carboxylic acids is 1. The highest BCUT2D eigenvalue weighted by Crippen LogP contribution is 2.22. The molecule has 0 heterocycles. The van der Waals surface area contributed by atoms with Crippen molar-refractivity contribution in [2.24, 2.45) is 5.73 Å². The quantitative estimate of drug-likeness (QED) is 0.637. The largest absolute Gasteiger partial charge is 0.478 e. The van der Waals surface area contributed by atoms with Gasteiger partial charge in [0, 0.05) is 25.7 Å². The van der Waals surface area contributed by atoms with E-state index in [1.54, 1.807) is 24.1 Å². The summed E-state index contributed by atoms with van der Waals surface area (Å²) in [4.78, 5) is 23.4. The van der Waals surface area contributed by atoms with Gasteiger partial charge in [-0.2, -0.15) is 0 Å². The van der Waals surface area contributed by atoms with Crippen LogP contribution >= 0.6 is 0 Å². The summed E-state index contributed by atoms with van der Waals surface area (Å²) >= 11 is 0. The van der Waals surface area contributed by atoms with Crippen LogP contribution < -0.4 is 16.4 Å². The molecule has 0 unspecified atom stereocenters. The zero-order valence-corrected chi connectivity index (χ0v) is 9.51. The van der Waals surface area contributed by atoms with Crippen molar-refractivity contribution >= 4 is 23.3 Å². The first-order valence-electron chi connectivity index (χ1n) is 5.04. The number of aromatic carboxylic acids is 1. The van der Waals surface area contributed by atoms with Crippen LogP contribution in [0.15, 0.2) is 18.2 Å². The minimum Gasteiger partial charge on any atom is -0.478 e. The van der Waals surface area contributed by atoms with Gasteiger partial charge in [-0.3, -0.25) is 4.79 Å². The molecule has 17 heavy (non-hydrogen) atoms. The molecule has 0 aliphatic carbocycles. The monoisotopic (exact) mass is 237 g/mol. The van der Waals surface area contributed by atoms with E-state index < -0.39 is 11.9 Å². The lowest BCUT2D eigenvalue weighted by Crippen LogP contribution is -2.25. The fraction of sp³-hybridized carbons (Fsp3) is 0.273. The number of anilines is 2. The van der Waals surface area contributed by atoms with Crippen LogP contribution in [0, 0.1) is 0 Å². The van der Waals surface area contributed by atoms with E-state index in [1.165, 1.54) is 6.07 Å².